The topological polar surface area (TPSA) is 100 Å². The number of aromatic carboxylic acids is 1. The molecular weight excluding hydrogens is 434 g/mol. The van der Waals surface area contributed by atoms with Crippen molar-refractivity contribution in [2.45, 2.75) is 52.2 Å². The van der Waals surface area contributed by atoms with Gasteiger partial charge in [-0.25, -0.2) is 18.2 Å². The van der Waals surface area contributed by atoms with Gasteiger partial charge in [-0.05, 0) is 48.5 Å². The van der Waals surface area contributed by atoms with Gasteiger partial charge in [-0.2, -0.15) is 0 Å². The molecule has 0 amide bonds. The number of sulfonamides is 1. The van der Waals surface area contributed by atoms with E-state index in [-0.39, 0.29) is 16.4 Å². The number of aromatic nitrogens is 1. The quantitative estimate of drug-likeness (QED) is 0.520. The van der Waals surface area contributed by atoms with E-state index in [9.17, 15) is 18.3 Å². The Labute approximate surface area is 187 Å². The Balaban J connectivity index is 2.34. The van der Waals surface area contributed by atoms with Crippen LogP contribution in [0.15, 0.2) is 12.1 Å². The maximum absolute atomic E-state index is 12.0. The lowest BCUT2D eigenvalue weighted by molar-refractivity contribution is 0.0696. The molecule has 10 heteroatoms. The molecule has 1 aliphatic carbocycles. The molecule has 1 aromatic heterocycles. The van der Waals surface area contributed by atoms with Crippen molar-refractivity contribution in [2.24, 2.45) is 11.8 Å². The molecule has 0 radical (unpaired) electrons. The van der Waals surface area contributed by atoms with E-state index in [4.69, 9.17) is 4.43 Å². The summed E-state index contributed by atoms with van der Waals surface area (Å²) in [5.74, 6) is 0.563. The number of pyridine rings is 1. The Morgan fingerprint density at radius 1 is 1.29 bits per heavy atom. The second kappa shape index (κ2) is 9.07. The predicted octanol–water partition coefficient (Wildman–Crippen LogP) is 3.66. The second-order valence-corrected chi connectivity index (χ2v) is 17.0. The maximum atomic E-state index is 12.0. The maximum Gasteiger partial charge on any atom is 0.335 e. The summed E-state index contributed by atoms with van der Waals surface area (Å²) < 4.78 is 31.4. The van der Waals surface area contributed by atoms with Crippen LogP contribution in [0.1, 0.15) is 44.5 Å². The highest BCUT2D eigenvalue weighted by molar-refractivity contribution is 7.92. The SMILES string of the molecule is C[C@@H]1C[C@H]1CN(CCO[Si](C)(C)C(C)(C)C)c1cc(C(=O)O)cc(N(C)S(C)(=O)=O)n1. The first kappa shape index (κ1) is 25.6. The molecule has 8 nitrogen and oxygen atoms in total. The van der Waals surface area contributed by atoms with Gasteiger partial charge in [0.25, 0.3) is 0 Å². The smallest absolute Gasteiger partial charge is 0.335 e. The van der Waals surface area contributed by atoms with Gasteiger partial charge in [0.05, 0.1) is 18.4 Å². The average Bonchev–Trinajstić information content (AvgIpc) is 3.32. The molecule has 0 aliphatic heterocycles. The largest absolute Gasteiger partial charge is 0.478 e. The van der Waals surface area contributed by atoms with Crippen LogP contribution in [-0.4, -0.2) is 65.8 Å². The third kappa shape index (κ3) is 6.66. The molecule has 1 fully saturated rings. The minimum atomic E-state index is -3.57. The summed E-state index contributed by atoms with van der Waals surface area (Å²) >= 11 is 0. The van der Waals surface area contributed by atoms with Gasteiger partial charge in [-0.3, -0.25) is 4.31 Å². The lowest BCUT2D eigenvalue weighted by Gasteiger charge is -2.37. The van der Waals surface area contributed by atoms with E-state index in [0.717, 1.165) is 23.5 Å². The fraction of sp³-hybridized carbons (Fsp3) is 0.714. The van der Waals surface area contributed by atoms with Crippen LogP contribution in [0.4, 0.5) is 11.6 Å². The highest BCUT2D eigenvalue weighted by Gasteiger charge is 2.38. The Hall–Kier alpha value is -1.65. The van der Waals surface area contributed by atoms with Crippen molar-refractivity contribution in [1.82, 2.24) is 4.98 Å². The summed E-state index contributed by atoms with van der Waals surface area (Å²) in [6.07, 6.45) is 2.19. The molecule has 0 bridgehead atoms. The first-order chi connectivity index (χ1) is 14.0. The summed E-state index contributed by atoms with van der Waals surface area (Å²) in [7, 11) is -4.12. The molecule has 0 unspecified atom stereocenters. The molecule has 1 N–H and O–H groups in total. The van der Waals surface area contributed by atoms with Crippen molar-refractivity contribution < 1.29 is 22.7 Å². The summed E-state index contributed by atoms with van der Waals surface area (Å²) in [5, 5.41) is 9.67. The Kier molecular flexibility index (Phi) is 7.49. The van der Waals surface area contributed by atoms with Gasteiger partial charge in [-0.1, -0.05) is 27.7 Å². The third-order valence-corrected chi connectivity index (χ3v) is 12.3. The van der Waals surface area contributed by atoms with Crippen LogP contribution in [0.25, 0.3) is 0 Å². The predicted molar refractivity (Wildman–Crippen MR) is 127 cm³/mol. The molecule has 176 valence electrons. The number of carboxylic acid groups (broad SMARTS) is 1. The zero-order chi connectivity index (χ0) is 23.8. The zero-order valence-electron chi connectivity index (χ0n) is 20.0. The van der Waals surface area contributed by atoms with Crippen molar-refractivity contribution in [1.29, 1.82) is 0 Å². The molecule has 2 rings (SSSR count). The highest BCUT2D eigenvalue weighted by Crippen LogP contribution is 2.39. The van der Waals surface area contributed by atoms with E-state index >= 15 is 0 Å². The Morgan fingerprint density at radius 3 is 2.29 bits per heavy atom. The summed E-state index contributed by atoms with van der Waals surface area (Å²) in [6.45, 7) is 15.0. The van der Waals surface area contributed by atoms with Crippen molar-refractivity contribution in [2.75, 3.05) is 42.2 Å². The van der Waals surface area contributed by atoms with Gasteiger partial charge in [0, 0.05) is 20.1 Å². The minimum Gasteiger partial charge on any atom is -0.478 e. The Morgan fingerprint density at radius 2 is 1.84 bits per heavy atom. The monoisotopic (exact) mass is 471 g/mol. The van der Waals surface area contributed by atoms with Gasteiger partial charge in [0.2, 0.25) is 10.0 Å². The van der Waals surface area contributed by atoms with Gasteiger partial charge >= 0.3 is 5.97 Å². The number of carbonyl (C=O) groups is 1. The number of anilines is 2. The number of rotatable bonds is 10. The van der Waals surface area contributed by atoms with Crippen LogP contribution >= 0.6 is 0 Å². The van der Waals surface area contributed by atoms with Crippen LogP contribution in [0.2, 0.25) is 18.1 Å². The molecule has 1 saturated carbocycles. The van der Waals surface area contributed by atoms with Crippen LogP contribution in [0.5, 0.6) is 0 Å². The number of nitrogens with zero attached hydrogens (tertiary/aromatic N) is 3. The fourth-order valence-electron chi connectivity index (χ4n) is 2.98. The van der Waals surface area contributed by atoms with E-state index in [0.29, 0.717) is 30.8 Å². The lowest BCUT2D eigenvalue weighted by Crippen LogP contribution is -2.43. The van der Waals surface area contributed by atoms with Crippen molar-refractivity contribution >= 4 is 35.9 Å². The number of carboxylic acids is 1. The van der Waals surface area contributed by atoms with Gasteiger partial charge in [0.15, 0.2) is 8.32 Å². The molecule has 1 heterocycles. The zero-order valence-corrected chi connectivity index (χ0v) is 21.8. The summed E-state index contributed by atoms with van der Waals surface area (Å²) in [5.41, 5.74) is 0.00894. The van der Waals surface area contributed by atoms with E-state index in [1.165, 1.54) is 19.2 Å². The lowest BCUT2D eigenvalue weighted by atomic mass is 10.2. The fourth-order valence-corrected chi connectivity index (χ4v) is 4.45. The van der Waals surface area contributed by atoms with Crippen molar-refractivity contribution in [3.05, 3.63) is 17.7 Å². The molecule has 1 aromatic rings. The Bertz CT molecular complexity index is 914. The minimum absolute atomic E-state index is 0.00894. The van der Waals surface area contributed by atoms with E-state index < -0.39 is 24.3 Å². The first-order valence-corrected chi connectivity index (χ1v) is 15.4. The normalized spacial score (nSPS) is 19.2. The summed E-state index contributed by atoms with van der Waals surface area (Å²) in [6, 6.07) is 2.80. The van der Waals surface area contributed by atoms with Crippen molar-refractivity contribution in [3.8, 4) is 0 Å². The highest BCUT2D eigenvalue weighted by atomic mass is 32.2. The van der Waals surface area contributed by atoms with E-state index in [1.54, 1.807) is 0 Å². The number of hydrogen-bond donors (Lipinski definition) is 1. The third-order valence-electron chi connectivity index (χ3n) is 6.55. The molecule has 0 spiro atoms. The molecular formula is C21H37N3O5SSi. The average molecular weight is 472 g/mol. The van der Waals surface area contributed by atoms with Crippen LogP contribution in [0, 0.1) is 11.8 Å². The molecule has 0 saturated heterocycles. The second-order valence-electron chi connectivity index (χ2n) is 10.1. The summed E-state index contributed by atoms with van der Waals surface area (Å²) in [4.78, 5) is 18.3. The van der Waals surface area contributed by atoms with Crippen molar-refractivity contribution in [3.63, 3.8) is 0 Å². The first-order valence-electron chi connectivity index (χ1n) is 10.6. The van der Waals surface area contributed by atoms with Gasteiger partial charge in [-0.15, -0.1) is 0 Å². The van der Waals surface area contributed by atoms with Gasteiger partial charge < -0.3 is 14.4 Å². The standard InChI is InChI=1S/C21H37N3O5SSi/c1-15-11-17(15)14-24(9-10-29-31(7,8)21(2,3)4)19-13-16(20(25)26)12-18(22-19)23(5)30(6,27)28/h12-13,15,17H,9-11,14H2,1-8H3,(H,25,26)/t15-,17+/m1/s1. The number of hydrogen-bond acceptors (Lipinski definition) is 6. The molecule has 1 aliphatic rings. The molecule has 2 atom stereocenters. The van der Waals surface area contributed by atoms with Crippen LogP contribution in [-0.2, 0) is 14.4 Å². The van der Waals surface area contributed by atoms with E-state index in [1.807, 2.05) is 4.90 Å². The van der Waals surface area contributed by atoms with Crippen LogP contribution in [0.3, 0.4) is 0 Å². The van der Waals surface area contributed by atoms with E-state index in [2.05, 4.69) is 45.8 Å². The van der Waals surface area contributed by atoms with Gasteiger partial charge in [0.1, 0.15) is 11.6 Å². The molecule has 31 heavy (non-hydrogen) atoms. The van der Waals surface area contributed by atoms with Crippen LogP contribution < -0.4 is 9.21 Å². The molecule has 0 aromatic carbocycles.